The summed E-state index contributed by atoms with van der Waals surface area (Å²) in [5.74, 6) is -3.53. The lowest BCUT2D eigenvalue weighted by Crippen LogP contribution is -2.23. The van der Waals surface area contributed by atoms with Crippen molar-refractivity contribution in [1.29, 1.82) is 0 Å². The number of carbonyl (C=O) groups is 2. The van der Waals surface area contributed by atoms with Gasteiger partial charge in [-0.25, -0.2) is 9.37 Å². The second-order valence-corrected chi connectivity index (χ2v) is 8.14. The number of pyridine rings is 1. The van der Waals surface area contributed by atoms with Crippen LogP contribution in [0.15, 0.2) is 24.4 Å². The molecule has 0 aliphatic heterocycles. The highest BCUT2D eigenvalue weighted by atomic mass is 19.4. The molecule has 10 nitrogen and oxygen atoms in total. The quantitative estimate of drug-likeness (QED) is 0.381. The van der Waals surface area contributed by atoms with Crippen molar-refractivity contribution in [2.75, 3.05) is 31.8 Å². The fourth-order valence-corrected chi connectivity index (χ4v) is 3.82. The molecule has 3 N–H and O–H groups in total. The lowest BCUT2D eigenvalue weighted by molar-refractivity contribution is -0.216. The maximum Gasteiger partial charge on any atom is 0.418 e. The number of benzene rings is 1. The number of alkyl halides is 4. The van der Waals surface area contributed by atoms with E-state index >= 15 is 0 Å². The van der Waals surface area contributed by atoms with E-state index in [1.54, 1.807) is 5.32 Å². The predicted molar refractivity (Wildman–Crippen MR) is 126 cm³/mol. The first-order valence-electron chi connectivity index (χ1n) is 13.6. The van der Waals surface area contributed by atoms with E-state index in [2.05, 4.69) is 25.5 Å². The number of hydrogen-bond acceptors (Lipinski definition) is 7. The van der Waals surface area contributed by atoms with Gasteiger partial charge in [0.1, 0.15) is 17.7 Å². The molecule has 3 atom stereocenters. The molecule has 0 spiro atoms. The van der Waals surface area contributed by atoms with Crippen LogP contribution in [0.4, 0.5) is 34.9 Å². The van der Waals surface area contributed by atoms with Gasteiger partial charge in [-0.15, -0.1) is 0 Å². The summed E-state index contributed by atoms with van der Waals surface area (Å²) in [6, 6.07) is 3.31. The Bertz CT molecular complexity index is 1560. The summed E-state index contributed by atoms with van der Waals surface area (Å²) in [6.45, 7) is -2.91. The summed E-state index contributed by atoms with van der Waals surface area (Å²) in [6.07, 6.45) is -8.49. The molecule has 1 aliphatic carbocycles. The number of halogens is 4. The first-order valence-corrected chi connectivity index (χ1v) is 10.6. The zero-order chi connectivity index (χ0) is 32.1. The van der Waals surface area contributed by atoms with Gasteiger partial charge in [-0.2, -0.15) is 18.3 Å². The molecular weight excluding hydrogens is 500 g/mol. The third-order valence-electron chi connectivity index (χ3n) is 5.72. The van der Waals surface area contributed by atoms with Gasteiger partial charge in [-0.1, -0.05) is 6.07 Å². The van der Waals surface area contributed by atoms with Crippen LogP contribution in [0.5, 0.6) is 5.75 Å². The number of aromatic nitrogens is 3. The number of fused-ring (bicyclic) bond motifs is 1. The van der Waals surface area contributed by atoms with Gasteiger partial charge in [0.2, 0.25) is 5.91 Å². The van der Waals surface area contributed by atoms with E-state index in [9.17, 15) is 27.2 Å². The molecule has 2 aromatic heterocycles. The molecule has 0 bridgehead atoms. The van der Waals surface area contributed by atoms with Crippen LogP contribution in [0.25, 0.3) is 10.9 Å². The molecule has 1 saturated carbocycles. The summed E-state index contributed by atoms with van der Waals surface area (Å²) in [7, 11) is -0.943. The van der Waals surface area contributed by atoms with Crippen molar-refractivity contribution >= 4 is 40.0 Å². The summed E-state index contributed by atoms with van der Waals surface area (Å²) in [5.41, 5.74) is -1.05. The molecule has 0 radical (unpaired) electrons. The highest BCUT2D eigenvalue weighted by Gasteiger charge is 2.44. The maximum atomic E-state index is 14.0. The van der Waals surface area contributed by atoms with E-state index in [0.717, 1.165) is 25.4 Å². The normalized spacial score (nSPS) is 20.9. The van der Waals surface area contributed by atoms with Crippen LogP contribution in [-0.2, 0) is 16.6 Å². The number of rotatable bonds is 8. The number of carbonyl (C=O) groups excluding carboxylic acids is 2. The van der Waals surface area contributed by atoms with Crippen molar-refractivity contribution in [1.82, 2.24) is 20.1 Å². The fourth-order valence-electron chi connectivity index (χ4n) is 3.82. The molecule has 37 heavy (non-hydrogen) atoms. The van der Waals surface area contributed by atoms with Gasteiger partial charge in [-0.05, 0) is 12.5 Å². The van der Waals surface area contributed by atoms with E-state index in [1.165, 1.54) is 17.8 Å². The van der Waals surface area contributed by atoms with E-state index in [4.69, 9.17) is 13.0 Å². The average molecular weight is 531 g/mol. The van der Waals surface area contributed by atoms with Crippen molar-refractivity contribution in [2.45, 2.75) is 24.9 Å². The molecule has 2 amide bonds. The smallest absolute Gasteiger partial charge is 0.418 e. The number of hydrogen-bond donors (Lipinski definition) is 3. The number of methoxy groups -OCH3 is 2. The minimum absolute atomic E-state index is 0.0163. The van der Waals surface area contributed by atoms with Gasteiger partial charge in [0.15, 0.2) is 11.9 Å². The lowest BCUT2D eigenvalue weighted by atomic mass is 10.0. The fraction of sp³-hybridized carbons (Fsp3) is 0.391. The number of amides is 2. The summed E-state index contributed by atoms with van der Waals surface area (Å²) < 4.78 is 110. The number of nitrogens with one attached hydrogen (secondary N) is 3. The monoisotopic (exact) mass is 530 g/mol. The van der Waals surface area contributed by atoms with Crippen molar-refractivity contribution < 1.29 is 44.8 Å². The van der Waals surface area contributed by atoms with Crippen LogP contribution in [0, 0.1) is 5.92 Å². The van der Waals surface area contributed by atoms with E-state index in [0.29, 0.717) is 0 Å². The summed E-state index contributed by atoms with van der Waals surface area (Å²) in [5, 5.41) is 11.1. The SMILES string of the molecule is [2H]C([2H])([2H])NC(=O)c1cnc(NC(=O)[C@@H]2C[C@@H]2F)cc1Nc1nn(C)c2ccc([C@H](OC([2H])([2H])[2H])C(F)(F)F)c(OC)c12. The van der Waals surface area contributed by atoms with E-state index < -0.39 is 61.5 Å². The molecule has 1 aromatic carbocycles. The van der Waals surface area contributed by atoms with Crippen LogP contribution in [0.3, 0.4) is 0 Å². The van der Waals surface area contributed by atoms with Crippen molar-refractivity contribution in [2.24, 2.45) is 13.0 Å². The number of nitrogens with zero attached hydrogens (tertiary/aromatic N) is 3. The van der Waals surface area contributed by atoms with E-state index in [1.807, 2.05) is 0 Å². The molecular formula is C23H24F4N6O4. The van der Waals surface area contributed by atoms with Crippen molar-refractivity contribution in [3.63, 3.8) is 0 Å². The topological polar surface area (TPSA) is 119 Å². The molecule has 198 valence electrons. The van der Waals surface area contributed by atoms with Crippen LogP contribution >= 0.6 is 0 Å². The molecule has 3 aromatic rings. The Morgan fingerprint density at radius 1 is 1.32 bits per heavy atom. The second kappa shape index (κ2) is 9.84. The van der Waals surface area contributed by atoms with Crippen molar-refractivity contribution in [3.05, 3.63) is 35.5 Å². The zero-order valence-electron chi connectivity index (χ0n) is 25.2. The largest absolute Gasteiger partial charge is 0.496 e. The maximum absolute atomic E-state index is 14.0. The standard InChI is InChI=1S/C23H24F4N6O4/c1-28-21(34)12-9-29-16(31-22(35)11-7-13(11)24)8-14(12)30-20-17-15(33(2)32-20)6-5-10(18(17)36-3)19(37-4)23(25,26)27/h5-6,8-9,11,13,19H,7H2,1-4H3,(H,28,34)(H2,29,30,31,32,35)/t11-,13+,19+/m1/s1/i1D3,4D3. The van der Waals surface area contributed by atoms with Gasteiger partial charge in [0.05, 0.1) is 39.3 Å². The van der Waals surface area contributed by atoms with Gasteiger partial charge in [0.25, 0.3) is 5.91 Å². The zero-order valence-corrected chi connectivity index (χ0v) is 19.2. The summed E-state index contributed by atoms with van der Waals surface area (Å²) >= 11 is 0. The Hall–Kier alpha value is -3.94. The Balaban J connectivity index is 1.84. The number of aryl methyl sites for hydroxylation is 1. The highest BCUT2D eigenvalue weighted by molar-refractivity contribution is 6.04. The lowest BCUT2D eigenvalue weighted by Gasteiger charge is -2.22. The molecule has 4 rings (SSSR count). The van der Waals surface area contributed by atoms with Crippen LogP contribution < -0.4 is 20.7 Å². The third kappa shape index (κ3) is 5.01. The molecule has 2 heterocycles. The van der Waals surface area contributed by atoms with Gasteiger partial charge in [0, 0.05) is 43.0 Å². The Kier molecular flexibility index (Phi) is 5.11. The third-order valence-corrected chi connectivity index (χ3v) is 5.72. The minimum atomic E-state index is -5.18. The second-order valence-electron chi connectivity index (χ2n) is 8.14. The molecule has 1 aliphatic rings. The van der Waals surface area contributed by atoms with Crippen molar-refractivity contribution in [3.8, 4) is 5.75 Å². The highest BCUT2D eigenvalue weighted by Crippen LogP contribution is 2.45. The Morgan fingerprint density at radius 3 is 2.70 bits per heavy atom. The van der Waals surface area contributed by atoms with Crippen LogP contribution in [0.1, 0.15) is 36.7 Å². The first-order chi connectivity index (χ1) is 19.8. The van der Waals surface area contributed by atoms with Crippen LogP contribution in [-0.4, -0.2) is 60.1 Å². The average Bonchev–Trinajstić information content (AvgIpc) is 3.52. The Morgan fingerprint density at radius 2 is 2.08 bits per heavy atom. The van der Waals surface area contributed by atoms with Crippen LogP contribution in [0.2, 0.25) is 0 Å². The van der Waals surface area contributed by atoms with E-state index in [-0.39, 0.29) is 40.2 Å². The molecule has 14 heteroatoms. The molecule has 1 fully saturated rings. The Labute approximate surface area is 216 Å². The van der Waals surface area contributed by atoms with Gasteiger partial charge < -0.3 is 25.4 Å². The number of anilines is 3. The first kappa shape index (κ1) is 19.2. The molecule has 0 saturated heterocycles. The predicted octanol–water partition coefficient (Wildman–Crippen LogP) is 3.63. The number of ether oxygens (including phenoxy) is 2. The minimum Gasteiger partial charge on any atom is -0.496 e. The van der Waals surface area contributed by atoms with Gasteiger partial charge in [-0.3, -0.25) is 14.3 Å². The molecule has 0 unspecified atom stereocenters. The van der Waals surface area contributed by atoms with Gasteiger partial charge >= 0.3 is 6.18 Å². The summed E-state index contributed by atoms with van der Waals surface area (Å²) in [4.78, 5) is 29.0.